The zero-order chi connectivity index (χ0) is 13.9. The summed E-state index contributed by atoms with van der Waals surface area (Å²) in [6.45, 7) is 3.86. The van der Waals surface area contributed by atoms with Gasteiger partial charge in [-0.3, -0.25) is 5.43 Å². The van der Waals surface area contributed by atoms with Crippen molar-refractivity contribution in [2.75, 3.05) is 43.7 Å². The van der Waals surface area contributed by atoms with Crippen molar-refractivity contribution in [1.29, 1.82) is 0 Å². The van der Waals surface area contributed by atoms with E-state index in [1.807, 2.05) is 6.92 Å². The molecule has 9 nitrogen and oxygen atoms in total. The predicted octanol–water partition coefficient (Wildman–Crippen LogP) is -0.633. The molecule has 0 amide bonds. The highest BCUT2D eigenvalue weighted by Gasteiger charge is 2.05. The van der Waals surface area contributed by atoms with Gasteiger partial charge in [-0.25, -0.2) is 5.84 Å². The lowest BCUT2D eigenvalue weighted by Gasteiger charge is -2.08. The minimum Gasteiger partial charge on any atom is -0.464 e. The number of nitrogens with two attached hydrogens (primary N) is 1. The van der Waals surface area contributed by atoms with Crippen molar-refractivity contribution in [3.05, 3.63) is 0 Å². The Labute approximate surface area is 111 Å². The largest absolute Gasteiger partial charge is 0.464 e. The van der Waals surface area contributed by atoms with Crippen molar-refractivity contribution in [2.45, 2.75) is 13.3 Å². The summed E-state index contributed by atoms with van der Waals surface area (Å²) in [5.74, 6) is 5.88. The highest BCUT2D eigenvalue weighted by molar-refractivity contribution is 5.34. The Morgan fingerprint density at radius 2 is 2.00 bits per heavy atom. The molecule has 5 N–H and O–H groups in total. The third-order valence-corrected chi connectivity index (χ3v) is 2.00. The van der Waals surface area contributed by atoms with Gasteiger partial charge in [0.25, 0.3) is 0 Å². The van der Waals surface area contributed by atoms with Crippen LogP contribution in [-0.4, -0.2) is 53.0 Å². The summed E-state index contributed by atoms with van der Waals surface area (Å²) in [5, 5.41) is 11.6. The number of aliphatic hydroxyl groups excluding tert-OH is 1. The first kappa shape index (κ1) is 15.3. The van der Waals surface area contributed by atoms with Gasteiger partial charge in [-0.05, 0) is 13.3 Å². The van der Waals surface area contributed by atoms with Crippen molar-refractivity contribution >= 4 is 11.9 Å². The maximum Gasteiger partial charge on any atom is 0.323 e. The van der Waals surface area contributed by atoms with Crippen molar-refractivity contribution in [3.63, 3.8) is 0 Å². The summed E-state index contributed by atoms with van der Waals surface area (Å²) in [7, 11) is 0. The number of anilines is 2. The fourth-order valence-corrected chi connectivity index (χ4v) is 1.23. The Balaban J connectivity index is 2.41. The smallest absolute Gasteiger partial charge is 0.323 e. The van der Waals surface area contributed by atoms with Crippen LogP contribution in [-0.2, 0) is 4.74 Å². The fourth-order valence-electron chi connectivity index (χ4n) is 1.23. The summed E-state index contributed by atoms with van der Waals surface area (Å²) in [5.41, 5.74) is 2.35. The van der Waals surface area contributed by atoms with Gasteiger partial charge in [-0.15, -0.1) is 0 Å². The minimum absolute atomic E-state index is 0.0319. The molecule has 0 aliphatic rings. The molecule has 0 saturated heterocycles. The molecule has 9 heteroatoms. The molecule has 108 valence electrons. The van der Waals surface area contributed by atoms with Crippen LogP contribution < -0.4 is 21.3 Å². The van der Waals surface area contributed by atoms with Crippen LogP contribution in [0.5, 0.6) is 6.01 Å². The van der Waals surface area contributed by atoms with Gasteiger partial charge in [-0.2, -0.15) is 15.0 Å². The van der Waals surface area contributed by atoms with E-state index in [1.165, 1.54) is 0 Å². The molecule has 0 spiro atoms. The molecule has 0 radical (unpaired) electrons. The third kappa shape index (κ3) is 6.13. The highest BCUT2D eigenvalue weighted by atomic mass is 16.5. The van der Waals surface area contributed by atoms with Crippen molar-refractivity contribution in [1.82, 2.24) is 15.0 Å². The summed E-state index contributed by atoms with van der Waals surface area (Å²) in [6, 6.07) is 0.212. The van der Waals surface area contributed by atoms with Gasteiger partial charge in [0.2, 0.25) is 11.9 Å². The molecular weight excluding hydrogens is 252 g/mol. The van der Waals surface area contributed by atoms with Crippen LogP contribution in [0, 0.1) is 0 Å². The van der Waals surface area contributed by atoms with Gasteiger partial charge in [0.1, 0.15) is 0 Å². The summed E-state index contributed by atoms with van der Waals surface area (Å²) in [6.07, 6.45) is 0.765. The molecule has 0 atom stereocenters. The number of aliphatic hydroxyl groups is 1. The Kier molecular flexibility index (Phi) is 7.47. The highest BCUT2D eigenvalue weighted by Crippen LogP contribution is 2.10. The van der Waals surface area contributed by atoms with E-state index in [0.717, 1.165) is 6.42 Å². The standard InChI is InChI=1S/C10H20N6O3/c1-2-19-10-14-8(13-9(15-10)16-11)12-4-3-6-18-7-5-17/h17H,2-7,11H2,1H3,(H2,12,13,14,15,16). The number of nitrogens with zero attached hydrogens (tertiary/aromatic N) is 3. The van der Waals surface area contributed by atoms with Crippen LogP contribution in [0.15, 0.2) is 0 Å². The van der Waals surface area contributed by atoms with E-state index < -0.39 is 0 Å². The zero-order valence-electron chi connectivity index (χ0n) is 10.9. The molecule has 0 aliphatic heterocycles. The number of hydrogen-bond donors (Lipinski definition) is 4. The first-order valence-corrected chi connectivity index (χ1v) is 6.08. The number of nitrogens with one attached hydrogen (secondary N) is 2. The first-order valence-electron chi connectivity index (χ1n) is 6.08. The molecule has 0 aliphatic carbocycles. The van der Waals surface area contributed by atoms with E-state index in [1.54, 1.807) is 0 Å². The van der Waals surface area contributed by atoms with Crippen LogP contribution in [0.2, 0.25) is 0 Å². The van der Waals surface area contributed by atoms with E-state index in [-0.39, 0.29) is 18.6 Å². The molecule has 0 unspecified atom stereocenters. The fraction of sp³-hybridized carbons (Fsp3) is 0.700. The molecule has 1 aromatic rings. The lowest BCUT2D eigenvalue weighted by Crippen LogP contribution is -2.15. The van der Waals surface area contributed by atoms with Gasteiger partial charge < -0.3 is 19.9 Å². The van der Waals surface area contributed by atoms with Crippen molar-refractivity contribution in [3.8, 4) is 6.01 Å². The van der Waals surface area contributed by atoms with Crippen LogP contribution in [0.4, 0.5) is 11.9 Å². The Hall–Kier alpha value is -1.71. The second-order valence-corrected chi connectivity index (χ2v) is 3.46. The van der Waals surface area contributed by atoms with Gasteiger partial charge in [0, 0.05) is 13.2 Å². The lowest BCUT2D eigenvalue weighted by molar-refractivity contribution is 0.0921. The Morgan fingerprint density at radius 3 is 2.68 bits per heavy atom. The third-order valence-electron chi connectivity index (χ3n) is 2.00. The van der Waals surface area contributed by atoms with Gasteiger partial charge in [-0.1, -0.05) is 0 Å². The van der Waals surface area contributed by atoms with Gasteiger partial charge >= 0.3 is 6.01 Å². The maximum absolute atomic E-state index is 8.54. The summed E-state index contributed by atoms with van der Waals surface area (Å²) in [4.78, 5) is 12.0. The minimum atomic E-state index is 0.0319. The maximum atomic E-state index is 8.54. The monoisotopic (exact) mass is 272 g/mol. The van der Waals surface area contributed by atoms with Crippen molar-refractivity contribution < 1.29 is 14.6 Å². The van der Waals surface area contributed by atoms with Gasteiger partial charge in [0.05, 0.1) is 19.8 Å². The van der Waals surface area contributed by atoms with E-state index in [9.17, 15) is 0 Å². The van der Waals surface area contributed by atoms with Crippen LogP contribution in [0.1, 0.15) is 13.3 Å². The molecule has 0 aromatic carbocycles. The molecule has 1 aromatic heterocycles. The second-order valence-electron chi connectivity index (χ2n) is 3.46. The number of hydrogen-bond acceptors (Lipinski definition) is 9. The van der Waals surface area contributed by atoms with Crippen LogP contribution in [0.3, 0.4) is 0 Å². The predicted molar refractivity (Wildman–Crippen MR) is 69.8 cm³/mol. The molecule has 1 heterocycles. The van der Waals surface area contributed by atoms with E-state index in [0.29, 0.717) is 32.3 Å². The normalized spacial score (nSPS) is 10.3. The number of rotatable bonds is 10. The average molecular weight is 272 g/mol. The number of aromatic nitrogens is 3. The van der Waals surface area contributed by atoms with E-state index in [4.69, 9.17) is 20.4 Å². The summed E-state index contributed by atoms with van der Waals surface area (Å²) >= 11 is 0. The van der Waals surface area contributed by atoms with E-state index in [2.05, 4.69) is 25.7 Å². The molecule has 1 rings (SSSR count). The summed E-state index contributed by atoms with van der Waals surface area (Å²) < 4.78 is 10.3. The molecule has 0 bridgehead atoms. The van der Waals surface area contributed by atoms with Crippen LogP contribution in [0.25, 0.3) is 0 Å². The number of hydrazine groups is 1. The topological polar surface area (TPSA) is 127 Å². The molecule has 19 heavy (non-hydrogen) atoms. The first-order chi connectivity index (χ1) is 9.30. The number of ether oxygens (including phenoxy) is 2. The molecular formula is C10H20N6O3. The number of nitrogen functional groups attached to an aromatic ring is 1. The second kappa shape index (κ2) is 9.25. The molecule has 0 saturated carbocycles. The average Bonchev–Trinajstić information content (AvgIpc) is 2.43. The van der Waals surface area contributed by atoms with Crippen LogP contribution >= 0.6 is 0 Å². The zero-order valence-corrected chi connectivity index (χ0v) is 10.9. The van der Waals surface area contributed by atoms with Gasteiger partial charge in [0.15, 0.2) is 0 Å². The lowest BCUT2D eigenvalue weighted by atomic mass is 10.4. The van der Waals surface area contributed by atoms with Crippen molar-refractivity contribution in [2.24, 2.45) is 5.84 Å². The Morgan fingerprint density at radius 1 is 1.21 bits per heavy atom. The molecule has 0 fully saturated rings. The quantitative estimate of drug-likeness (QED) is 0.250. The SMILES string of the molecule is CCOc1nc(NN)nc(NCCCOCCO)n1. The van der Waals surface area contributed by atoms with E-state index >= 15 is 0 Å². The Bertz CT molecular complexity index is 365.